The van der Waals surface area contributed by atoms with Gasteiger partial charge in [-0.25, -0.2) is 9.78 Å². The highest BCUT2D eigenvalue weighted by Gasteiger charge is 2.03. The van der Waals surface area contributed by atoms with Crippen molar-refractivity contribution >= 4 is 5.69 Å². The van der Waals surface area contributed by atoms with E-state index in [9.17, 15) is 0 Å². The SMILES string of the molecule is [c-]1n(-c2ccccc2)c(=Nc2ccccc2)[n-][n+]1-c1ccccc1. The van der Waals surface area contributed by atoms with Crippen LogP contribution in [0.5, 0.6) is 0 Å². The molecule has 0 aliphatic carbocycles. The molecule has 0 radical (unpaired) electrons. The summed E-state index contributed by atoms with van der Waals surface area (Å²) in [5.74, 6) is 0. The van der Waals surface area contributed by atoms with Crippen LogP contribution in [0.4, 0.5) is 5.69 Å². The fraction of sp³-hybridized carbons (Fsp3) is 0. The summed E-state index contributed by atoms with van der Waals surface area (Å²) < 4.78 is 3.58. The molecule has 0 aliphatic rings. The summed E-state index contributed by atoms with van der Waals surface area (Å²) in [5.41, 5.74) is 3.34. The molecule has 0 unspecified atom stereocenters. The normalized spacial score (nSPS) is 11.6. The van der Waals surface area contributed by atoms with Gasteiger partial charge in [-0.05, 0) is 5.69 Å². The first-order valence-corrected chi connectivity index (χ1v) is 7.72. The number of nitrogens with zero attached hydrogens (tertiary/aromatic N) is 4. The minimum atomic E-state index is 0.580. The van der Waals surface area contributed by atoms with Crippen LogP contribution in [0.2, 0.25) is 0 Å². The van der Waals surface area contributed by atoms with E-state index in [1.807, 2.05) is 95.6 Å². The Morgan fingerprint density at radius 3 is 2.00 bits per heavy atom. The standard InChI is InChI=1S/C20H15N4/c1-4-10-17(11-5-1)21-20-22-24(19-14-8-3-9-15-19)16-23(20)18-12-6-2-7-13-18/h1-15H/q-1. The Morgan fingerprint density at radius 2 is 1.33 bits per heavy atom. The predicted molar refractivity (Wildman–Crippen MR) is 91.1 cm³/mol. The average molecular weight is 311 g/mol. The van der Waals surface area contributed by atoms with E-state index < -0.39 is 0 Å². The molecule has 0 bridgehead atoms. The molecular formula is C20H15N4-. The molecule has 4 heteroatoms. The number of rotatable bonds is 3. The molecule has 0 fully saturated rings. The van der Waals surface area contributed by atoms with Crippen LogP contribution in [0.25, 0.3) is 11.4 Å². The third kappa shape index (κ3) is 2.90. The lowest BCUT2D eigenvalue weighted by Crippen LogP contribution is -2.37. The molecule has 0 atom stereocenters. The number of hydrogen-bond acceptors (Lipinski definition) is 1. The largest absolute Gasteiger partial charge is 0.372 e. The van der Waals surface area contributed by atoms with Crippen molar-refractivity contribution in [3.8, 4) is 11.4 Å². The van der Waals surface area contributed by atoms with E-state index in [0.717, 1.165) is 17.1 Å². The lowest BCUT2D eigenvalue weighted by molar-refractivity contribution is -0.667. The van der Waals surface area contributed by atoms with Gasteiger partial charge in [0.2, 0.25) is 0 Å². The van der Waals surface area contributed by atoms with Gasteiger partial charge in [0, 0.05) is 0 Å². The van der Waals surface area contributed by atoms with E-state index >= 15 is 0 Å². The summed E-state index contributed by atoms with van der Waals surface area (Å²) in [6.45, 7) is 0. The Kier molecular flexibility index (Phi) is 3.78. The Balaban J connectivity index is 1.91. The van der Waals surface area contributed by atoms with E-state index in [-0.39, 0.29) is 0 Å². The van der Waals surface area contributed by atoms with Crippen LogP contribution >= 0.6 is 0 Å². The minimum absolute atomic E-state index is 0.580. The van der Waals surface area contributed by atoms with Crippen molar-refractivity contribution in [1.82, 2.24) is 9.67 Å². The second kappa shape index (κ2) is 6.38. The van der Waals surface area contributed by atoms with E-state index in [4.69, 9.17) is 0 Å². The highest BCUT2D eigenvalue weighted by molar-refractivity contribution is 5.36. The van der Waals surface area contributed by atoms with Crippen LogP contribution in [-0.4, -0.2) is 4.57 Å². The van der Waals surface area contributed by atoms with Gasteiger partial charge < -0.3 is 9.56 Å². The molecule has 0 saturated carbocycles. The summed E-state index contributed by atoms with van der Waals surface area (Å²) in [4.78, 5) is 4.66. The first-order chi connectivity index (χ1) is 11.9. The van der Waals surface area contributed by atoms with Gasteiger partial charge >= 0.3 is 0 Å². The van der Waals surface area contributed by atoms with Gasteiger partial charge in [-0.2, -0.15) is 0 Å². The fourth-order valence-corrected chi connectivity index (χ4v) is 2.42. The maximum absolute atomic E-state index is 4.66. The van der Waals surface area contributed by atoms with Crippen molar-refractivity contribution in [2.45, 2.75) is 0 Å². The lowest BCUT2D eigenvalue weighted by Gasteiger charge is -2.03. The van der Waals surface area contributed by atoms with Crippen molar-refractivity contribution in [3.05, 3.63) is 103 Å². The van der Waals surface area contributed by atoms with Gasteiger partial charge in [0.15, 0.2) is 0 Å². The lowest BCUT2D eigenvalue weighted by atomic mass is 10.3. The molecule has 4 nitrogen and oxygen atoms in total. The Labute approximate surface area is 140 Å². The molecule has 116 valence electrons. The summed E-state index contributed by atoms with van der Waals surface area (Å²) in [6.07, 6.45) is 3.26. The average Bonchev–Trinajstić information content (AvgIpc) is 3.08. The molecule has 4 aromatic rings. The van der Waals surface area contributed by atoms with E-state index in [2.05, 4.69) is 16.4 Å². The summed E-state index contributed by atoms with van der Waals surface area (Å²) >= 11 is 0. The molecule has 0 saturated heterocycles. The molecule has 1 heterocycles. The number of hydrogen-bond donors (Lipinski definition) is 0. The van der Waals surface area contributed by atoms with Crippen LogP contribution in [0.15, 0.2) is 96.0 Å². The Morgan fingerprint density at radius 1 is 0.750 bits per heavy atom. The molecule has 4 rings (SSSR count). The molecule has 24 heavy (non-hydrogen) atoms. The third-order valence-corrected chi connectivity index (χ3v) is 3.58. The van der Waals surface area contributed by atoms with Gasteiger partial charge in [0.25, 0.3) is 6.33 Å². The number of para-hydroxylation sites is 3. The van der Waals surface area contributed by atoms with Crippen LogP contribution in [0, 0.1) is 6.33 Å². The van der Waals surface area contributed by atoms with Crippen molar-refractivity contribution < 1.29 is 4.68 Å². The first kappa shape index (κ1) is 14.2. The van der Waals surface area contributed by atoms with Crippen molar-refractivity contribution in [2.75, 3.05) is 0 Å². The van der Waals surface area contributed by atoms with Crippen LogP contribution in [0.3, 0.4) is 0 Å². The van der Waals surface area contributed by atoms with Gasteiger partial charge in [0.05, 0.1) is 11.4 Å². The highest BCUT2D eigenvalue weighted by atomic mass is 15.4. The molecule has 3 aromatic carbocycles. The minimum Gasteiger partial charge on any atom is -0.372 e. The van der Waals surface area contributed by atoms with Gasteiger partial charge in [0.1, 0.15) is 5.62 Å². The molecule has 1 aromatic heterocycles. The highest BCUT2D eigenvalue weighted by Crippen LogP contribution is 2.09. The zero-order chi connectivity index (χ0) is 16.2. The van der Waals surface area contributed by atoms with Gasteiger partial charge in [-0.15, -0.1) is 0 Å². The van der Waals surface area contributed by atoms with Gasteiger partial charge in [-0.3, -0.25) is 0 Å². The second-order valence-electron chi connectivity index (χ2n) is 5.27. The second-order valence-corrected chi connectivity index (χ2v) is 5.27. The molecule has 0 spiro atoms. The zero-order valence-corrected chi connectivity index (χ0v) is 12.9. The van der Waals surface area contributed by atoms with Crippen molar-refractivity contribution in [3.63, 3.8) is 0 Å². The zero-order valence-electron chi connectivity index (χ0n) is 12.9. The Hall–Kier alpha value is -3.40. The quantitative estimate of drug-likeness (QED) is 0.423. The summed E-state index contributed by atoms with van der Waals surface area (Å²) in [7, 11) is 0. The molecular weight excluding hydrogens is 296 g/mol. The van der Waals surface area contributed by atoms with Crippen LogP contribution in [-0.2, 0) is 0 Å². The first-order valence-electron chi connectivity index (χ1n) is 7.72. The van der Waals surface area contributed by atoms with Gasteiger partial charge in [-0.1, -0.05) is 91.0 Å². The Bertz CT molecular complexity index is 984. The predicted octanol–water partition coefficient (Wildman–Crippen LogP) is 2.74. The smallest absolute Gasteiger partial charge is 0.259 e. The van der Waals surface area contributed by atoms with Crippen LogP contribution < -0.4 is 15.4 Å². The van der Waals surface area contributed by atoms with E-state index in [1.165, 1.54) is 0 Å². The summed E-state index contributed by atoms with van der Waals surface area (Å²) in [6, 6.07) is 29.7. The third-order valence-electron chi connectivity index (χ3n) is 3.58. The van der Waals surface area contributed by atoms with Crippen LogP contribution in [0.1, 0.15) is 0 Å². The van der Waals surface area contributed by atoms with Crippen molar-refractivity contribution in [1.29, 1.82) is 0 Å². The topological polar surface area (TPSA) is 35.3 Å². The molecule has 0 amide bonds. The molecule has 0 N–H and O–H groups in total. The number of aromatic nitrogens is 3. The maximum atomic E-state index is 4.66. The number of benzene rings is 3. The van der Waals surface area contributed by atoms with Crippen molar-refractivity contribution in [2.24, 2.45) is 4.99 Å². The summed E-state index contributed by atoms with van der Waals surface area (Å²) in [5, 5.41) is 4.61. The van der Waals surface area contributed by atoms with E-state index in [0.29, 0.717) is 5.62 Å². The monoisotopic (exact) mass is 311 g/mol. The maximum Gasteiger partial charge on any atom is 0.259 e. The van der Waals surface area contributed by atoms with E-state index in [1.54, 1.807) is 4.68 Å². The molecule has 0 aliphatic heterocycles. The fourth-order valence-electron chi connectivity index (χ4n) is 2.42.